The zero-order valence-electron chi connectivity index (χ0n) is 12.3. The smallest absolute Gasteiger partial charge is 0.326 e. The summed E-state index contributed by atoms with van der Waals surface area (Å²) in [4.78, 5) is 23.1. The summed E-state index contributed by atoms with van der Waals surface area (Å²) in [6.45, 7) is 3.25. The number of nitrogens with one attached hydrogen (secondary N) is 2. The average Bonchev–Trinajstić information content (AvgIpc) is 2.35. The third-order valence-corrected chi connectivity index (χ3v) is 3.33. The van der Waals surface area contributed by atoms with E-state index in [1.165, 1.54) is 0 Å². The molecule has 9 heteroatoms. The topological polar surface area (TPSA) is 113 Å². The van der Waals surface area contributed by atoms with Crippen molar-refractivity contribution < 1.29 is 27.5 Å². The third kappa shape index (κ3) is 4.99. The van der Waals surface area contributed by atoms with Crippen LogP contribution in [0.1, 0.15) is 24.2 Å². The van der Waals surface area contributed by atoms with Crippen LogP contribution in [0.25, 0.3) is 0 Å². The van der Waals surface area contributed by atoms with Crippen molar-refractivity contribution in [2.75, 3.05) is 11.0 Å². The maximum atomic E-state index is 13.5. The van der Waals surface area contributed by atoms with Crippen LogP contribution in [0.5, 0.6) is 0 Å². The van der Waals surface area contributed by atoms with Gasteiger partial charge in [0, 0.05) is 5.56 Å². The molecular weight excluding hydrogens is 315 g/mol. The molecule has 1 rings (SSSR count). The normalized spacial score (nSPS) is 12.8. The standard InChI is InChI=1S/C13H17FN2O5S/c1-7(2)11(13(18)19)15-12(17)8-4-5-9(14)10(6-8)16-22(3,20)21/h4-7,11,16H,1-3H3,(H,15,17)(H,18,19). The van der Waals surface area contributed by atoms with Crippen LogP contribution in [0.4, 0.5) is 10.1 Å². The summed E-state index contributed by atoms with van der Waals surface area (Å²) in [6, 6.07) is 1.96. The second-order valence-corrected chi connectivity index (χ2v) is 6.85. The fraction of sp³-hybridized carbons (Fsp3) is 0.385. The van der Waals surface area contributed by atoms with E-state index in [0.717, 1.165) is 24.5 Å². The van der Waals surface area contributed by atoms with Crippen molar-refractivity contribution in [3.8, 4) is 0 Å². The number of hydrogen-bond donors (Lipinski definition) is 3. The fourth-order valence-electron chi connectivity index (χ4n) is 1.68. The maximum Gasteiger partial charge on any atom is 0.326 e. The average molecular weight is 332 g/mol. The second-order valence-electron chi connectivity index (χ2n) is 5.10. The van der Waals surface area contributed by atoms with E-state index in [1.54, 1.807) is 13.8 Å². The summed E-state index contributed by atoms with van der Waals surface area (Å²) in [5, 5.41) is 11.3. The molecule has 7 nitrogen and oxygen atoms in total. The van der Waals surface area contributed by atoms with Crippen molar-refractivity contribution >= 4 is 27.6 Å². The first-order chi connectivity index (χ1) is 10.0. The second kappa shape index (κ2) is 6.73. The van der Waals surface area contributed by atoms with Crippen LogP contribution in [-0.4, -0.2) is 37.7 Å². The van der Waals surface area contributed by atoms with E-state index < -0.39 is 33.8 Å². The fourth-order valence-corrected chi connectivity index (χ4v) is 2.24. The Bertz CT molecular complexity index is 688. The largest absolute Gasteiger partial charge is 0.480 e. The number of anilines is 1. The van der Waals surface area contributed by atoms with E-state index in [9.17, 15) is 22.4 Å². The van der Waals surface area contributed by atoms with Gasteiger partial charge in [0.25, 0.3) is 5.91 Å². The number of amides is 1. The minimum absolute atomic E-state index is 0.0561. The van der Waals surface area contributed by atoms with Gasteiger partial charge in [-0.25, -0.2) is 17.6 Å². The van der Waals surface area contributed by atoms with Crippen molar-refractivity contribution in [1.82, 2.24) is 5.32 Å². The minimum atomic E-state index is -3.71. The van der Waals surface area contributed by atoms with Crippen molar-refractivity contribution in [2.24, 2.45) is 5.92 Å². The SMILES string of the molecule is CC(C)C(NC(=O)c1ccc(F)c(NS(C)(=O)=O)c1)C(=O)O. The molecule has 22 heavy (non-hydrogen) atoms. The molecule has 3 N–H and O–H groups in total. The number of hydrogen-bond acceptors (Lipinski definition) is 4. The van der Waals surface area contributed by atoms with Gasteiger partial charge in [-0.05, 0) is 24.1 Å². The predicted molar refractivity (Wildman–Crippen MR) is 78.6 cm³/mol. The lowest BCUT2D eigenvalue weighted by atomic mass is 10.0. The van der Waals surface area contributed by atoms with Gasteiger partial charge in [-0.1, -0.05) is 13.8 Å². The van der Waals surface area contributed by atoms with Crippen molar-refractivity contribution in [1.29, 1.82) is 0 Å². The lowest BCUT2D eigenvalue weighted by molar-refractivity contribution is -0.140. The summed E-state index contributed by atoms with van der Waals surface area (Å²) in [6.07, 6.45) is 0.846. The number of rotatable bonds is 6. The summed E-state index contributed by atoms with van der Waals surface area (Å²) >= 11 is 0. The molecule has 0 aliphatic heterocycles. The number of carboxylic acid groups (broad SMARTS) is 1. The number of carboxylic acids is 1. The number of aliphatic carboxylic acids is 1. The number of carbonyl (C=O) groups is 2. The molecule has 1 aromatic carbocycles. The van der Waals surface area contributed by atoms with Crippen LogP contribution in [0, 0.1) is 11.7 Å². The quantitative estimate of drug-likeness (QED) is 0.720. The van der Waals surface area contributed by atoms with E-state index in [1.807, 2.05) is 4.72 Å². The molecule has 0 spiro atoms. The van der Waals surface area contributed by atoms with Crippen LogP contribution in [0.3, 0.4) is 0 Å². The van der Waals surface area contributed by atoms with Gasteiger partial charge in [-0.2, -0.15) is 0 Å². The minimum Gasteiger partial charge on any atom is -0.480 e. The third-order valence-electron chi connectivity index (χ3n) is 2.74. The first kappa shape index (κ1) is 17.9. The molecule has 1 unspecified atom stereocenters. The van der Waals surface area contributed by atoms with E-state index in [4.69, 9.17) is 5.11 Å². The highest BCUT2D eigenvalue weighted by Gasteiger charge is 2.24. The van der Waals surface area contributed by atoms with Crippen LogP contribution in [0.15, 0.2) is 18.2 Å². The summed E-state index contributed by atoms with van der Waals surface area (Å²) in [7, 11) is -3.71. The van der Waals surface area contributed by atoms with Gasteiger partial charge in [-0.3, -0.25) is 9.52 Å². The Balaban J connectivity index is 3.04. The van der Waals surface area contributed by atoms with Gasteiger partial charge in [0.05, 0.1) is 11.9 Å². The molecule has 0 fully saturated rings. The van der Waals surface area contributed by atoms with E-state index in [2.05, 4.69) is 5.32 Å². The summed E-state index contributed by atoms with van der Waals surface area (Å²) < 4.78 is 37.7. The molecule has 0 aromatic heterocycles. The number of sulfonamides is 1. The highest BCUT2D eigenvalue weighted by Crippen LogP contribution is 2.17. The van der Waals surface area contributed by atoms with Gasteiger partial charge in [0.2, 0.25) is 10.0 Å². The highest BCUT2D eigenvalue weighted by molar-refractivity contribution is 7.92. The molecule has 0 bridgehead atoms. The van der Waals surface area contributed by atoms with E-state index in [0.29, 0.717) is 0 Å². The van der Waals surface area contributed by atoms with Crippen LogP contribution >= 0.6 is 0 Å². The highest BCUT2D eigenvalue weighted by atomic mass is 32.2. The lowest BCUT2D eigenvalue weighted by Gasteiger charge is -2.18. The molecule has 0 aliphatic rings. The zero-order valence-corrected chi connectivity index (χ0v) is 13.1. The molecule has 0 radical (unpaired) electrons. The maximum absolute atomic E-state index is 13.5. The number of halogens is 1. The van der Waals surface area contributed by atoms with Crippen LogP contribution in [-0.2, 0) is 14.8 Å². The van der Waals surface area contributed by atoms with Gasteiger partial charge in [-0.15, -0.1) is 0 Å². The Labute approximate surface area is 127 Å². The molecule has 0 saturated carbocycles. The van der Waals surface area contributed by atoms with Gasteiger partial charge >= 0.3 is 5.97 Å². The molecular formula is C13H17FN2O5S. The Morgan fingerprint density at radius 2 is 1.86 bits per heavy atom. The van der Waals surface area contributed by atoms with E-state index in [-0.39, 0.29) is 17.2 Å². The molecule has 122 valence electrons. The van der Waals surface area contributed by atoms with Crippen molar-refractivity contribution in [3.63, 3.8) is 0 Å². The first-order valence-electron chi connectivity index (χ1n) is 6.32. The predicted octanol–water partition coefficient (Wildman–Crippen LogP) is 1.04. The number of benzene rings is 1. The molecule has 0 aliphatic carbocycles. The lowest BCUT2D eigenvalue weighted by Crippen LogP contribution is -2.44. The molecule has 0 heterocycles. The van der Waals surface area contributed by atoms with Crippen LogP contribution in [0.2, 0.25) is 0 Å². The first-order valence-corrected chi connectivity index (χ1v) is 8.21. The van der Waals surface area contributed by atoms with E-state index >= 15 is 0 Å². The summed E-state index contributed by atoms with van der Waals surface area (Å²) in [5.41, 5.74) is -0.439. The summed E-state index contributed by atoms with van der Waals surface area (Å²) in [5.74, 6) is -3.13. The molecule has 1 aromatic rings. The Kier molecular flexibility index (Phi) is 5.48. The van der Waals surface area contributed by atoms with Gasteiger partial charge in [0.15, 0.2) is 0 Å². The number of carbonyl (C=O) groups excluding carboxylic acids is 1. The van der Waals surface area contributed by atoms with Crippen molar-refractivity contribution in [2.45, 2.75) is 19.9 Å². The molecule has 1 amide bonds. The Hall–Kier alpha value is -2.16. The monoisotopic (exact) mass is 332 g/mol. The van der Waals surface area contributed by atoms with Gasteiger partial charge in [0.1, 0.15) is 11.9 Å². The Morgan fingerprint density at radius 1 is 1.27 bits per heavy atom. The Morgan fingerprint density at radius 3 is 2.32 bits per heavy atom. The zero-order chi connectivity index (χ0) is 17.1. The van der Waals surface area contributed by atoms with Gasteiger partial charge < -0.3 is 10.4 Å². The van der Waals surface area contributed by atoms with Crippen molar-refractivity contribution in [3.05, 3.63) is 29.6 Å². The molecule has 0 saturated heterocycles. The van der Waals surface area contributed by atoms with Crippen LogP contribution < -0.4 is 10.0 Å². The molecule has 1 atom stereocenters.